The van der Waals surface area contributed by atoms with Crippen LogP contribution in [0.5, 0.6) is 0 Å². The molecule has 2 aliphatic rings. The third kappa shape index (κ3) is 4.44. The van der Waals surface area contributed by atoms with E-state index in [4.69, 9.17) is 4.74 Å². The molecule has 2 heteroatoms. The van der Waals surface area contributed by atoms with Crippen LogP contribution in [0.3, 0.4) is 0 Å². The molecule has 0 heterocycles. The zero-order valence-corrected chi connectivity index (χ0v) is 11.2. The quantitative estimate of drug-likeness (QED) is 0.740. The molecule has 1 atom stereocenters. The summed E-state index contributed by atoms with van der Waals surface area (Å²) in [5.41, 5.74) is 0. The lowest BCUT2D eigenvalue weighted by molar-refractivity contribution is -0.0170. The Hall–Kier alpha value is -0.340. The molecule has 1 N–H and O–H groups in total. The molecule has 1 unspecified atom stereocenters. The van der Waals surface area contributed by atoms with E-state index in [9.17, 15) is 0 Å². The van der Waals surface area contributed by atoms with E-state index in [2.05, 4.69) is 24.4 Å². The first-order valence-corrected chi connectivity index (χ1v) is 7.44. The lowest BCUT2D eigenvalue weighted by Gasteiger charge is -2.31. The van der Waals surface area contributed by atoms with Crippen LogP contribution in [-0.2, 0) is 4.74 Å². The maximum absolute atomic E-state index is 6.17. The van der Waals surface area contributed by atoms with Crippen LogP contribution in [0, 0.1) is 0 Å². The Morgan fingerprint density at radius 2 is 2.00 bits per heavy atom. The summed E-state index contributed by atoms with van der Waals surface area (Å²) in [6.45, 7) is 3.40. The Morgan fingerprint density at radius 3 is 2.65 bits per heavy atom. The van der Waals surface area contributed by atoms with Crippen LogP contribution in [-0.4, -0.2) is 24.8 Å². The Kier molecular flexibility index (Phi) is 5.53. The smallest absolute Gasteiger partial charge is 0.0759 e. The van der Waals surface area contributed by atoms with Crippen LogP contribution in [0.15, 0.2) is 12.2 Å². The van der Waals surface area contributed by atoms with Crippen molar-refractivity contribution in [3.05, 3.63) is 12.2 Å². The van der Waals surface area contributed by atoms with E-state index >= 15 is 0 Å². The second kappa shape index (κ2) is 7.17. The van der Waals surface area contributed by atoms with Gasteiger partial charge in [-0.3, -0.25) is 0 Å². The van der Waals surface area contributed by atoms with Gasteiger partial charge in [-0.15, -0.1) is 0 Å². The van der Waals surface area contributed by atoms with Crippen LogP contribution in [0.2, 0.25) is 0 Å². The lowest BCUT2D eigenvalue weighted by Crippen LogP contribution is -2.36. The molecule has 17 heavy (non-hydrogen) atoms. The van der Waals surface area contributed by atoms with E-state index in [0.717, 1.165) is 6.04 Å². The molecule has 0 bridgehead atoms. The number of rotatable bonds is 5. The van der Waals surface area contributed by atoms with Crippen molar-refractivity contribution in [3.63, 3.8) is 0 Å². The second-order valence-corrected chi connectivity index (χ2v) is 5.46. The molecule has 0 spiro atoms. The zero-order chi connectivity index (χ0) is 11.9. The van der Waals surface area contributed by atoms with E-state index in [0.29, 0.717) is 12.2 Å². The molecule has 0 saturated heterocycles. The molecule has 0 aliphatic heterocycles. The predicted molar refractivity (Wildman–Crippen MR) is 72.2 cm³/mol. The number of nitrogens with one attached hydrogen (secondary N) is 1. The molecular formula is C15H27NO. The van der Waals surface area contributed by atoms with Gasteiger partial charge in [0.05, 0.1) is 12.2 Å². The van der Waals surface area contributed by atoms with Crippen molar-refractivity contribution in [3.8, 4) is 0 Å². The van der Waals surface area contributed by atoms with Gasteiger partial charge >= 0.3 is 0 Å². The number of hydrogen-bond acceptors (Lipinski definition) is 2. The van der Waals surface area contributed by atoms with Crippen molar-refractivity contribution in [1.29, 1.82) is 0 Å². The molecule has 2 aliphatic carbocycles. The fraction of sp³-hybridized carbons (Fsp3) is 0.867. The average molecular weight is 237 g/mol. The maximum atomic E-state index is 6.17. The van der Waals surface area contributed by atoms with E-state index in [-0.39, 0.29) is 0 Å². The number of allylic oxidation sites excluding steroid dienone is 1. The van der Waals surface area contributed by atoms with Gasteiger partial charge in [0.15, 0.2) is 0 Å². The molecular weight excluding hydrogens is 210 g/mol. The normalized spacial score (nSPS) is 33.8. The van der Waals surface area contributed by atoms with Crippen molar-refractivity contribution in [2.45, 2.75) is 76.5 Å². The molecule has 0 aromatic carbocycles. The van der Waals surface area contributed by atoms with Crippen molar-refractivity contribution in [2.75, 3.05) is 6.54 Å². The second-order valence-electron chi connectivity index (χ2n) is 5.46. The highest BCUT2D eigenvalue weighted by Crippen LogP contribution is 2.25. The molecule has 0 aromatic heterocycles. The molecule has 98 valence electrons. The summed E-state index contributed by atoms with van der Waals surface area (Å²) >= 11 is 0. The largest absolute Gasteiger partial charge is 0.371 e. The van der Waals surface area contributed by atoms with Gasteiger partial charge in [0.1, 0.15) is 0 Å². The van der Waals surface area contributed by atoms with Gasteiger partial charge in [0.25, 0.3) is 0 Å². The third-order valence-electron chi connectivity index (χ3n) is 3.93. The van der Waals surface area contributed by atoms with Crippen LogP contribution in [0.25, 0.3) is 0 Å². The SMILES string of the molecule is CCCNC1CCC(OC2C=CCCC2)CC1. The molecule has 1 saturated carbocycles. The first-order chi connectivity index (χ1) is 8.38. The van der Waals surface area contributed by atoms with E-state index < -0.39 is 0 Å². The van der Waals surface area contributed by atoms with E-state index in [1.54, 1.807) is 0 Å². The molecule has 2 nitrogen and oxygen atoms in total. The van der Waals surface area contributed by atoms with Crippen molar-refractivity contribution < 1.29 is 4.74 Å². The number of ether oxygens (including phenoxy) is 1. The topological polar surface area (TPSA) is 21.3 Å². The summed E-state index contributed by atoms with van der Waals surface area (Å²) in [5, 5.41) is 3.63. The van der Waals surface area contributed by atoms with Crippen LogP contribution in [0.4, 0.5) is 0 Å². The summed E-state index contributed by atoms with van der Waals surface area (Å²) in [4.78, 5) is 0. The third-order valence-corrected chi connectivity index (χ3v) is 3.93. The summed E-state index contributed by atoms with van der Waals surface area (Å²) in [7, 11) is 0. The maximum Gasteiger partial charge on any atom is 0.0759 e. The summed E-state index contributed by atoms with van der Waals surface area (Å²) < 4.78 is 6.17. The Morgan fingerprint density at radius 1 is 1.18 bits per heavy atom. The fourth-order valence-electron chi connectivity index (χ4n) is 2.89. The van der Waals surface area contributed by atoms with Gasteiger partial charge in [0, 0.05) is 6.04 Å². The fourth-order valence-corrected chi connectivity index (χ4v) is 2.89. The summed E-state index contributed by atoms with van der Waals surface area (Å²) in [6, 6.07) is 0.747. The Bertz CT molecular complexity index is 231. The van der Waals surface area contributed by atoms with E-state index in [1.165, 1.54) is 57.9 Å². The van der Waals surface area contributed by atoms with Gasteiger partial charge in [-0.25, -0.2) is 0 Å². The minimum atomic E-state index is 0.411. The first kappa shape index (κ1) is 13.1. The van der Waals surface area contributed by atoms with Gasteiger partial charge < -0.3 is 10.1 Å². The highest BCUT2D eigenvalue weighted by Gasteiger charge is 2.23. The van der Waals surface area contributed by atoms with Crippen LogP contribution in [0.1, 0.15) is 58.3 Å². The Balaban J connectivity index is 1.64. The molecule has 0 aromatic rings. The predicted octanol–water partition coefficient (Wildman–Crippen LogP) is 3.42. The van der Waals surface area contributed by atoms with Gasteiger partial charge in [-0.2, -0.15) is 0 Å². The Labute approximate surface area is 106 Å². The molecule has 0 amide bonds. The van der Waals surface area contributed by atoms with Gasteiger partial charge in [-0.1, -0.05) is 19.1 Å². The summed E-state index contributed by atoms with van der Waals surface area (Å²) in [5.74, 6) is 0. The van der Waals surface area contributed by atoms with Gasteiger partial charge in [0.2, 0.25) is 0 Å². The van der Waals surface area contributed by atoms with E-state index in [1.807, 2.05) is 0 Å². The molecule has 0 radical (unpaired) electrons. The van der Waals surface area contributed by atoms with Crippen molar-refractivity contribution in [1.82, 2.24) is 5.32 Å². The van der Waals surface area contributed by atoms with Crippen LogP contribution < -0.4 is 5.32 Å². The highest BCUT2D eigenvalue weighted by atomic mass is 16.5. The minimum Gasteiger partial charge on any atom is -0.371 e. The lowest BCUT2D eigenvalue weighted by atomic mass is 9.92. The highest BCUT2D eigenvalue weighted by molar-refractivity contribution is 4.95. The van der Waals surface area contributed by atoms with Crippen molar-refractivity contribution in [2.24, 2.45) is 0 Å². The zero-order valence-electron chi connectivity index (χ0n) is 11.2. The molecule has 1 fully saturated rings. The summed E-state index contributed by atoms with van der Waals surface area (Å²) in [6.07, 6.45) is 15.6. The first-order valence-electron chi connectivity index (χ1n) is 7.44. The monoisotopic (exact) mass is 237 g/mol. The van der Waals surface area contributed by atoms with Gasteiger partial charge in [-0.05, 0) is 57.9 Å². The van der Waals surface area contributed by atoms with Crippen molar-refractivity contribution >= 4 is 0 Å². The van der Waals surface area contributed by atoms with Crippen LogP contribution >= 0.6 is 0 Å². The average Bonchev–Trinajstić information content (AvgIpc) is 2.39. The number of hydrogen-bond donors (Lipinski definition) is 1. The standard InChI is InChI=1S/C15H27NO/c1-2-12-16-13-8-10-15(11-9-13)17-14-6-4-3-5-7-14/h4,6,13-16H,2-3,5,7-12H2,1H3. The minimum absolute atomic E-state index is 0.411. The molecule has 2 rings (SSSR count).